The molecule has 0 saturated carbocycles. The summed E-state index contributed by atoms with van der Waals surface area (Å²) >= 11 is 0. The van der Waals surface area contributed by atoms with Gasteiger partial charge in [-0.2, -0.15) is 0 Å². The first-order valence-corrected chi connectivity index (χ1v) is 8.11. The average molecular weight is 346 g/mol. The molecule has 0 atom stereocenters. The minimum atomic E-state index is -0.347. The Morgan fingerprint density at radius 3 is 2.50 bits per heavy atom. The van der Waals surface area contributed by atoms with Crippen LogP contribution in [0.2, 0.25) is 0 Å². The fourth-order valence-electron chi connectivity index (χ4n) is 2.35. The molecule has 0 aliphatic carbocycles. The molecule has 3 rings (SSSR count). The van der Waals surface area contributed by atoms with Crippen molar-refractivity contribution in [3.8, 4) is 0 Å². The van der Waals surface area contributed by atoms with E-state index in [9.17, 15) is 9.59 Å². The van der Waals surface area contributed by atoms with E-state index in [0.29, 0.717) is 11.4 Å². The number of hydrogen-bond donors (Lipinski definition) is 2. The maximum Gasteiger partial charge on any atom is 0.291 e. The van der Waals surface area contributed by atoms with E-state index in [0.717, 1.165) is 11.1 Å². The number of furan rings is 1. The van der Waals surface area contributed by atoms with Crippen molar-refractivity contribution in [3.05, 3.63) is 89.9 Å². The van der Waals surface area contributed by atoms with Crippen LogP contribution in [0.1, 0.15) is 21.7 Å². The van der Waals surface area contributed by atoms with Crippen LogP contribution in [0.3, 0.4) is 0 Å². The largest absolute Gasteiger partial charge is 0.459 e. The first kappa shape index (κ1) is 17.2. The predicted molar refractivity (Wildman–Crippen MR) is 102 cm³/mol. The smallest absolute Gasteiger partial charge is 0.291 e. The molecule has 130 valence electrons. The average Bonchev–Trinajstić information content (AvgIpc) is 3.18. The second-order valence-corrected chi connectivity index (χ2v) is 5.69. The number of amides is 2. The number of carbonyl (C=O) groups is 2. The highest BCUT2D eigenvalue weighted by Gasteiger charge is 2.10. The van der Waals surface area contributed by atoms with Crippen LogP contribution in [0.25, 0.3) is 6.08 Å². The molecule has 0 unspecified atom stereocenters. The van der Waals surface area contributed by atoms with Crippen LogP contribution in [-0.4, -0.2) is 11.8 Å². The second kappa shape index (κ2) is 7.98. The van der Waals surface area contributed by atoms with E-state index in [-0.39, 0.29) is 17.6 Å². The van der Waals surface area contributed by atoms with Crippen LogP contribution in [-0.2, 0) is 4.79 Å². The number of nitrogens with one attached hydrogen (secondary N) is 2. The Hall–Kier alpha value is -3.60. The fourth-order valence-corrected chi connectivity index (χ4v) is 2.35. The number of rotatable bonds is 5. The molecular formula is C21H18N2O3. The molecule has 1 aromatic heterocycles. The van der Waals surface area contributed by atoms with E-state index in [1.54, 1.807) is 30.3 Å². The summed E-state index contributed by atoms with van der Waals surface area (Å²) in [5, 5.41) is 5.57. The second-order valence-electron chi connectivity index (χ2n) is 5.69. The van der Waals surface area contributed by atoms with Crippen molar-refractivity contribution in [3.63, 3.8) is 0 Å². The van der Waals surface area contributed by atoms with Crippen LogP contribution >= 0.6 is 0 Å². The zero-order valence-corrected chi connectivity index (χ0v) is 14.2. The Balaban J connectivity index is 1.68. The van der Waals surface area contributed by atoms with Crippen molar-refractivity contribution in [1.29, 1.82) is 0 Å². The summed E-state index contributed by atoms with van der Waals surface area (Å²) in [7, 11) is 0. The first-order valence-electron chi connectivity index (χ1n) is 8.11. The minimum absolute atomic E-state index is 0.224. The Kier molecular flexibility index (Phi) is 5.29. The molecule has 0 bridgehead atoms. The molecule has 2 N–H and O–H groups in total. The topological polar surface area (TPSA) is 71.3 Å². The molecule has 2 aromatic carbocycles. The molecule has 3 aromatic rings. The molecule has 26 heavy (non-hydrogen) atoms. The van der Waals surface area contributed by atoms with E-state index in [4.69, 9.17) is 4.42 Å². The van der Waals surface area contributed by atoms with Crippen LogP contribution in [0.15, 0.2) is 77.4 Å². The minimum Gasteiger partial charge on any atom is -0.459 e. The van der Waals surface area contributed by atoms with Gasteiger partial charge in [0.05, 0.1) is 6.26 Å². The van der Waals surface area contributed by atoms with E-state index < -0.39 is 0 Å². The summed E-state index contributed by atoms with van der Waals surface area (Å²) in [6.45, 7) is 1.88. The zero-order chi connectivity index (χ0) is 18.4. The van der Waals surface area contributed by atoms with Gasteiger partial charge < -0.3 is 15.1 Å². The van der Waals surface area contributed by atoms with Crippen molar-refractivity contribution in [2.75, 3.05) is 10.6 Å². The number of carbonyl (C=O) groups excluding carboxylic acids is 2. The molecule has 0 aliphatic rings. The molecular weight excluding hydrogens is 328 g/mol. The van der Waals surface area contributed by atoms with Gasteiger partial charge >= 0.3 is 0 Å². The summed E-state index contributed by atoms with van der Waals surface area (Å²) in [6, 6.07) is 18.1. The molecule has 1 heterocycles. The third-order valence-corrected chi connectivity index (χ3v) is 3.73. The Morgan fingerprint density at radius 1 is 0.962 bits per heavy atom. The van der Waals surface area contributed by atoms with Gasteiger partial charge in [-0.05, 0) is 48.4 Å². The summed E-state index contributed by atoms with van der Waals surface area (Å²) in [5.41, 5.74) is 3.03. The highest BCUT2D eigenvalue weighted by atomic mass is 16.3. The molecule has 0 aliphatic heterocycles. The normalized spacial score (nSPS) is 10.7. The molecule has 0 saturated heterocycles. The highest BCUT2D eigenvalue weighted by molar-refractivity contribution is 6.04. The first-order chi connectivity index (χ1) is 12.6. The monoisotopic (exact) mass is 346 g/mol. The van der Waals surface area contributed by atoms with Crippen molar-refractivity contribution in [2.24, 2.45) is 0 Å². The lowest BCUT2D eigenvalue weighted by atomic mass is 10.1. The van der Waals surface area contributed by atoms with Gasteiger partial charge in [-0.25, -0.2) is 0 Å². The molecule has 2 amide bonds. The van der Waals surface area contributed by atoms with Crippen molar-refractivity contribution in [2.45, 2.75) is 6.92 Å². The van der Waals surface area contributed by atoms with Gasteiger partial charge in [0.25, 0.3) is 5.91 Å². The van der Waals surface area contributed by atoms with Crippen molar-refractivity contribution < 1.29 is 14.0 Å². The lowest BCUT2D eigenvalue weighted by Gasteiger charge is -2.10. The summed E-state index contributed by atoms with van der Waals surface area (Å²) in [6.07, 6.45) is 4.66. The molecule has 5 nitrogen and oxygen atoms in total. The van der Waals surface area contributed by atoms with Gasteiger partial charge in [0.1, 0.15) is 0 Å². The Morgan fingerprint density at radius 2 is 1.77 bits per heavy atom. The Bertz CT molecular complexity index is 929. The zero-order valence-electron chi connectivity index (χ0n) is 14.2. The third-order valence-electron chi connectivity index (χ3n) is 3.73. The molecule has 0 fully saturated rings. The maximum absolute atomic E-state index is 12.2. The summed E-state index contributed by atoms with van der Waals surface area (Å²) in [4.78, 5) is 24.2. The van der Waals surface area contributed by atoms with Gasteiger partial charge in [-0.1, -0.05) is 36.4 Å². The maximum atomic E-state index is 12.2. The predicted octanol–water partition coefficient (Wildman–Crippen LogP) is 4.49. The van der Waals surface area contributed by atoms with Gasteiger partial charge in [-0.15, -0.1) is 0 Å². The lowest BCUT2D eigenvalue weighted by Crippen LogP contribution is -2.12. The van der Waals surface area contributed by atoms with E-state index in [1.807, 2.05) is 43.3 Å². The van der Waals surface area contributed by atoms with Crippen LogP contribution in [0.5, 0.6) is 0 Å². The van der Waals surface area contributed by atoms with Gasteiger partial charge in [0, 0.05) is 17.5 Å². The van der Waals surface area contributed by atoms with E-state index in [2.05, 4.69) is 10.6 Å². The third kappa shape index (κ3) is 4.48. The standard InChI is InChI=1S/C21H18N2O3/c1-15-9-11-17(22-21(25)19-8-5-13-26-19)14-18(15)23-20(24)12-10-16-6-3-2-4-7-16/h2-14H,1H3,(H,22,25)(H,23,24)/b12-10+. The summed E-state index contributed by atoms with van der Waals surface area (Å²) in [5.74, 6) is -0.367. The SMILES string of the molecule is Cc1ccc(NC(=O)c2ccco2)cc1NC(=O)/C=C/c1ccccc1. The quantitative estimate of drug-likeness (QED) is 0.669. The number of aryl methyl sites for hydroxylation is 1. The van der Waals surface area contributed by atoms with Crippen molar-refractivity contribution in [1.82, 2.24) is 0 Å². The van der Waals surface area contributed by atoms with Crippen molar-refractivity contribution >= 4 is 29.3 Å². The van der Waals surface area contributed by atoms with E-state index in [1.165, 1.54) is 12.3 Å². The lowest BCUT2D eigenvalue weighted by molar-refractivity contribution is -0.111. The van der Waals surface area contributed by atoms with Crippen LogP contribution in [0, 0.1) is 6.92 Å². The fraction of sp³-hybridized carbons (Fsp3) is 0.0476. The molecule has 0 radical (unpaired) electrons. The van der Waals surface area contributed by atoms with Gasteiger partial charge in [-0.3, -0.25) is 9.59 Å². The van der Waals surface area contributed by atoms with E-state index >= 15 is 0 Å². The number of anilines is 2. The van der Waals surface area contributed by atoms with Gasteiger partial charge in [0.2, 0.25) is 5.91 Å². The van der Waals surface area contributed by atoms with Crippen LogP contribution in [0.4, 0.5) is 11.4 Å². The summed E-state index contributed by atoms with van der Waals surface area (Å²) < 4.78 is 5.07. The van der Waals surface area contributed by atoms with Gasteiger partial charge in [0.15, 0.2) is 5.76 Å². The number of benzene rings is 2. The molecule has 5 heteroatoms. The Labute approximate surface area is 151 Å². The molecule has 0 spiro atoms. The number of hydrogen-bond acceptors (Lipinski definition) is 3. The highest BCUT2D eigenvalue weighted by Crippen LogP contribution is 2.21. The van der Waals surface area contributed by atoms with Crippen LogP contribution < -0.4 is 10.6 Å².